The number of benzene rings is 1. The van der Waals surface area contributed by atoms with Gasteiger partial charge in [-0.05, 0) is 48.4 Å². The lowest BCUT2D eigenvalue weighted by Gasteiger charge is -2.08. The Labute approximate surface area is 95.8 Å². The summed E-state index contributed by atoms with van der Waals surface area (Å²) in [5.41, 5.74) is 9.40. The number of nitrogen functional groups attached to an aromatic ring is 1. The Morgan fingerprint density at radius 3 is 2.94 bits per heavy atom. The maximum atomic E-state index is 5.86. The molecule has 2 nitrogen and oxygen atoms in total. The first-order valence-electron chi connectivity index (χ1n) is 6.10. The predicted molar refractivity (Wildman–Crippen MR) is 68.5 cm³/mol. The van der Waals surface area contributed by atoms with E-state index in [4.69, 9.17) is 5.73 Å². The van der Waals surface area contributed by atoms with Crippen molar-refractivity contribution < 1.29 is 0 Å². The van der Waals surface area contributed by atoms with E-state index in [1.807, 2.05) is 6.07 Å². The number of fused-ring (bicyclic) bond motifs is 1. The van der Waals surface area contributed by atoms with Crippen LogP contribution in [0.5, 0.6) is 0 Å². The van der Waals surface area contributed by atoms with Gasteiger partial charge in [0, 0.05) is 22.8 Å². The number of H-pyrrole nitrogens is 1. The van der Waals surface area contributed by atoms with Gasteiger partial charge in [-0.3, -0.25) is 0 Å². The van der Waals surface area contributed by atoms with Crippen LogP contribution in [0.25, 0.3) is 10.9 Å². The Morgan fingerprint density at radius 1 is 1.31 bits per heavy atom. The largest absolute Gasteiger partial charge is 0.399 e. The molecule has 1 saturated carbocycles. The monoisotopic (exact) mass is 214 g/mol. The van der Waals surface area contributed by atoms with Crippen molar-refractivity contribution in [2.75, 3.05) is 5.73 Å². The minimum absolute atomic E-state index is 0.727. The molecule has 0 saturated heterocycles. The fourth-order valence-corrected chi connectivity index (χ4v) is 2.99. The lowest BCUT2D eigenvalue weighted by atomic mass is 9.96. The molecular weight excluding hydrogens is 196 g/mol. The van der Waals surface area contributed by atoms with Crippen molar-refractivity contribution in [3.05, 3.63) is 30.0 Å². The molecule has 2 heteroatoms. The van der Waals surface area contributed by atoms with Crippen molar-refractivity contribution in [1.29, 1.82) is 0 Å². The quantitative estimate of drug-likeness (QED) is 0.699. The third-order valence-corrected chi connectivity index (χ3v) is 3.87. The second-order valence-corrected chi connectivity index (χ2v) is 5.16. The van der Waals surface area contributed by atoms with Gasteiger partial charge in [0.1, 0.15) is 0 Å². The van der Waals surface area contributed by atoms with Crippen molar-refractivity contribution in [2.45, 2.75) is 32.1 Å². The molecule has 3 rings (SSSR count). The molecule has 2 unspecified atom stereocenters. The van der Waals surface area contributed by atoms with Crippen LogP contribution in [-0.2, 0) is 0 Å². The minimum atomic E-state index is 0.727. The van der Waals surface area contributed by atoms with Crippen LogP contribution in [-0.4, -0.2) is 4.98 Å². The average molecular weight is 214 g/mol. The highest BCUT2D eigenvalue weighted by Gasteiger charge is 2.24. The normalized spacial score (nSPS) is 25.3. The number of aromatic amines is 1. The molecule has 2 atom stereocenters. The van der Waals surface area contributed by atoms with Gasteiger partial charge in [0.05, 0.1) is 0 Å². The Hall–Kier alpha value is -1.44. The van der Waals surface area contributed by atoms with Gasteiger partial charge >= 0.3 is 0 Å². The van der Waals surface area contributed by atoms with Gasteiger partial charge in [0.2, 0.25) is 0 Å². The number of nitrogens with one attached hydrogen (secondary N) is 1. The third-order valence-electron chi connectivity index (χ3n) is 3.87. The van der Waals surface area contributed by atoms with E-state index in [0.29, 0.717) is 0 Å². The van der Waals surface area contributed by atoms with E-state index in [9.17, 15) is 0 Å². The lowest BCUT2D eigenvalue weighted by Crippen LogP contribution is -1.92. The van der Waals surface area contributed by atoms with Crippen LogP contribution in [0, 0.1) is 5.92 Å². The van der Waals surface area contributed by atoms with Gasteiger partial charge in [-0.15, -0.1) is 0 Å². The van der Waals surface area contributed by atoms with E-state index in [1.165, 1.54) is 35.7 Å². The average Bonchev–Trinajstić information content (AvgIpc) is 2.83. The maximum absolute atomic E-state index is 5.86. The summed E-state index contributed by atoms with van der Waals surface area (Å²) in [6.45, 7) is 2.35. The van der Waals surface area contributed by atoms with Crippen LogP contribution in [0.3, 0.4) is 0 Å². The van der Waals surface area contributed by atoms with Crippen LogP contribution in [0.1, 0.15) is 37.7 Å². The zero-order valence-corrected chi connectivity index (χ0v) is 9.66. The Kier molecular flexibility index (Phi) is 2.16. The van der Waals surface area contributed by atoms with E-state index in [-0.39, 0.29) is 0 Å². The first-order chi connectivity index (χ1) is 7.74. The lowest BCUT2D eigenvalue weighted by molar-refractivity contribution is 0.597. The molecule has 0 aliphatic heterocycles. The van der Waals surface area contributed by atoms with E-state index < -0.39 is 0 Å². The molecule has 0 radical (unpaired) electrons. The number of aromatic nitrogens is 1. The molecule has 0 amide bonds. The van der Waals surface area contributed by atoms with E-state index in [2.05, 4.69) is 30.2 Å². The van der Waals surface area contributed by atoms with Gasteiger partial charge in [-0.25, -0.2) is 0 Å². The summed E-state index contributed by atoms with van der Waals surface area (Å²) in [7, 11) is 0. The van der Waals surface area contributed by atoms with Crippen LogP contribution in [0.15, 0.2) is 24.4 Å². The number of hydrogen-bond donors (Lipinski definition) is 2. The minimum Gasteiger partial charge on any atom is -0.399 e. The third kappa shape index (κ3) is 1.49. The molecule has 1 aliphatic carbocycles. The highest BCUT2D eigenvalue weighted by atomic mass is 14.7. The molecule has 16 heavy (non-hydrogen) atoms. The molecule has 1 aliphatic rings. The summed E-state index contributed by atoms with van der Waals surface area (Å²) >= 11 is 0. The van der Waals surface area contributed by atoms with Gasteiger partial charge in [0.25, 0.3) is 0 Å². The smallest absolute Gasteiger partial charge is 0.0458 e. The molecule has 1 aromatic heterocycles. The van der Waals surface area contributed by atoms with Crippen LogP contribution < -0.4 is 5.73 Å². The molecule has 1 fully saturated rings. The fourth-order valence-electron chi connectivity index (χ4n) is 2.99. The second kappa shape index (κ2) is 3.55. The van der Waals surface area contributed by atoms with Gasteiger partial charge in [-0.1, -0.05) is 13.3 Å². The van der Waals surface area contributed by atoms with Crippen LogP contribution in [0.4, 0.5) is 5.69 Å². The number of hydrogen-bond acceptors (Lipinski definition) is 1. The maximum Gasteiger partial charge on any atom is 0.0458 e. The summed E-state index contributed by atoms with van der Waals surface area (Å²) in [5.74, 6) is 1.60. The molecule has 0 bridgehead atoms. The first kappa shape index (κ1) is 9.76. The SMILES string of the molecule is CC1CCC(c2c[nH]c3ccc(N)cc23)C1. The summed E-state index contributed by atoms with van der Waals surface area (Å²) in [5, 5.41) is 1.32. The zero-order chi connectivity index (χ0) is 11.1. The van der Waals surface area contributed by atoms with Crippen molar-refractivity contribution >= 4 is 16.6 Å². The number of rotatable bonds is 1. The summed E-state index contributed by atoms with van der Waals surface area (Å²) < 4.78 is 0. The van der Waals surface area contributed by atoms with E-state index in [0.717, 1.165) is 17.5 Å². The zero-order valence-electron chi connectivity index (χ0n) is 9.66. The van der Waals surface area contributed by atoms with E-state index >= 15 is 0 Å². The highest BCUT2D eigenvalue weighted by Crippen LogP contribution is 2.40. The van der Waals surface area contributed by atoms with E-state index in [1.54, 1.807) is 0 Å². The summed E-state index contributed by atoms with van der Waals surface area (Å²) in [4.78, 5) is 3.35. The van der Waals surface area contributed by atoms with Crippen LogP contribution in [0.2, 0.25) is 0 Å². The standard InChI is InChI=1S/C14H18N2/c1-9-2-3-10(6-9)13-8-16-14-5-4-11(15)7-12(13)14/h4-5,7-10,16H,2-3,6,15H2,1H3. The van der Waals surface area contributed by atoms with Crippen molar-refractivity contribution in [1.82, 2.24) is 4.98 Å². The molecule has 84 valence electrons. The number of nitrogens with two attached hydrogens (primary N) is 1. The van der Waals surface area contributed by atoms with Crippen LogP contribution >= 0.6 is 0 Å². The summed E-state index contributed by atoms with van der Waals surface area (Å²) in [6.07, 6.45) is 6.18. The Morgan fingerprint density at radius 2 is 2.19 bits per heavy atom. The molecule has 1 heterocycles. The molecular formula is C14H18N2. The van der Waals surface area contributed by atoms with Gasteiger partial charge < -0.3 is 10.7 Å². The van der Waals surface area contributed by atoms with Gasteiger partial charge in [0.15, 0.2) is 0 Å². The molecule has 2 aromatic rings. The van der Waals surface area contributed by atoms with Crippen molar-refractivity contribution in [3.8, 4) is 0 Å². The first-order valence-corrected chi connectivity index (χ1v) is 6.10. The highest BCUT2D eigenvalue weighted by molar-refractivity contribution is 5.86. The Bertz CT molecular complexity index is 512. The number of anilines is 1. The summed E-state index contributed by atoms with van der Waals surface area (Å²) in [6, 6.07) is 6.14. The predicted octanol–water partition coefficient (Wildman–Crippen LogP) is 3.65. The molecule has 3 N–H and O–H groups in total. The molecule has 0 spiro atoms. The second-order valence-electron chi connectivity index (χ2n) is 5.16. The topological polar surface area (TPSA) is 41.8 Å². The van der Waals surface area contributed by atoms with Crippen molar-refractivity contribution in [3.63, 3.8) is 0 Å². The molecule has 1 aromatic carbocycles. The fraction of sp³-hybridized carbons (Fsp3) is 0.429. The Balaban J connectivity index is 2.06. The van der Waals surface area contributed by atoms with Gasteiger partial charge in [-0.2, -0.15) is 0 Å². The van der Waals surface area contributed by atoms with Crippen molar-refractivity contribution in [2.24, 2.45) is 5.92 Å².